The summed E-state index contributed by atoms with van der Waals surface area (Å²) in [5, 5.41) is 13.8. The zero-order chi connectivity index (χ0) is 11.0. The van der Waals surface area contributed by atoms with Crippen LogP contribution in [-0.2, 0) is 7.05 Å². The quantitative estimate of drug-likeness (QED) is 0.803. The molecule has 78 valence electrons. The van der Waals surface area contributed by atoms with Crippen molar-refractivity contribution in [1.82, 2.24) is 9.78 Å². The van der Waals surface area contributed by atoms with Crippen molar-refractivity contribution in [3.63, 3.8) is 0 Å². The van der Waals surface area contributed by atoms with Gasteiger partial charge in [0.15, 0.2) is 0 Å². The predicted octanol–water partition coefficient (Wildman–Crippen LogP) is 1.28. The maximum atomic E-state index is 10.9. The third-order valence-corrected chi connectivity index (χ3v) is 2.19. The molecule has 2 rings (SSSR count). The number of aryl methyl sites for hydroxylation is 1. The minimum Gasteiger partial charge on any atom is -0.495 e. The first kappa shape index (κ1) is 9.51. The van der Waals surface area contributed by atoms with E-state index in [0.717, 1.165) is 5.52 Å². The Bertz CT molecular complexity index is 531. The number of aromatic carboxylic acids is 1. The Labute approximate surface area is 85.9 Å². The highest BCUT2D eigenvalue weighted by Gasteiger charge is 2.15. The summed E-state index contributed by atoms with van der Waals surface area (Å²) in [6.45, 7) is 0. The summed E-state index contributed by atoms with van der Waals surface area (Å²) in [6.07, 6.45) is 1.74. The second-order valence-corrected chi connectivity index (χ2v) is 3.19. The molecule has 0 atom stereocenters. The molecule has 0 aliphatic heterocycles. The number of hydrogen-bond donors (Lipinski definition) is 1. The summed E-state index contributed by atoms with van der Waals surface area (Å²) in [5.41, 5.74) is 0.873. The molecule has 1 N–H and O–H groups in total. The summed E-state index contributed by atoms with van der Waals surface area (Å²) in [6, 6.07) is 3.16. The van der Waals surface area contributed by atoms with Crippen LogP contribution in [0, 0.1) is 0 Å². The summed E-state index contributed by atoms with van der Waals surface area (Å²) in [7, 11) is 3.23. The molecule has 0 saturated carbocycles. The molecule has 1 aromatic carbocycles. The number of hydrogen-bond acceptors (Lipinski definition) is 3. The van der Waals surface area contributed by atoms with Gasteiger partial charge in [-0.15, -0.1) is 0 Å². The van der Waals surface area contributed by atoms with Crippen molar-refractivity contribution >= 4 is 16.9 Å². The van der Waals surface area contributed by atoms with Crippen LogP contribution in [0.15, 0.2) is 18.3 Å². The van der Waals surface area contributed by atoms with Gasteiger partial charge >= 0.3 is 5.97 Å². The van der Waals surface area contributed by atoms with Crippen LogP contribution < -0.4 is 4.74 Å². The molecule has 0 radical (unpaired) electrons. The van der Waals surface area contributed by atoms with Crippen molar-refractivity contribution in [2.24, 2.45) is 7.05 Å². The number of aromatic nitrogens is 2. The van der Waals surface area contributed by atoms with Gasteiger partial charge in [0.1, 0.15) is 11.3 Å². The zero-order valence-electron chi connectivity index (χ0n) is 8.39. The van der Waals surface area contributed by atoms with E-state index in [9.17, 15) is 4.79 Å². The standard InChI is InChI=1S/C10H10N2O3/c1-12-5-7-8(11-12)4-3-6(10(13)14)9(7)15-2/h3-5H,1-2H3,(H,13,14). The van der Waals surface area contributed by atoms with E-state index in [-0.39, 0.29) is 5.56 Å². The SMILES string of the molecule is COc1c(C(=O)O)ccc2nn(C)cc12. The van der Waals surface area contributed by atoms with Gasteiger partial charge in [-0.2, -0.15) is 5.10 Å². The normalized spacial score (nSPS) is 10.5. The highest BCUT2D eigenvalue weighted by molar-refractivity contribution is 5.99. The minimum absolute atomic E-state index is 0.151. The molecule has 5 nitrogen and oxygen atoms in total. The molecule has 0 aliphatic carbocycles. The highest BCUT2D eigenvalue weighted by Crippen LogP contribution is 2.28. The smallest absolute Gasteiger partial charge is 0.339 e. The third-order valence-electron chi connectivity index (χ3n) is 2.19. The summed E-state index contributed by atoms with van der Waals surface area (Å²) >= 11 is 0. The lowest BCUT2D eigenvalue weighted by molar-refractivity contribution is 0.0693. The number of nitrogens with zero attached hydrogens (tertiary/aromatic N) is 2. The first-order valence-corrected chi connectivity index (χ1v) is 4.37. The predicted molar refractivity (Wildman–Crippen MR) is 54.2 cm³/mol. The minimum atomic E-state index is -1.00. The van der Waals surface area contributed by atoms with Gasteiger partial charge in [0.2, 0.25) is 0 Å². The Morgan fingerprint density at radius 1 is 1.53 bits per heavy atom. The van der Waals surface area contributed by atoms with Crippen LogP contribution in [0.5, 0.6) is 5.75 Å². The number of methoxy groups -OCH3 is 1. The topological polar surface area (TPSA) is 64.3 Å². The van der Waals surface area contributed by atoms with Crippen molar-refractivity contribution < 1.29 is 14.6 Å². The van der Waals surface area contributed by atoms with Gasteiger partial charge in [0, 0.05) is 13.2 Å². The average Bonchev–Trinajstić information content (AvgIpc) is 2.55. The second kappa shape index (κ2) is 3.27. The molecule has 0 saturated heterocycles. The molecule has 15 heavy (non-hydrogen) atoms. The second-order valence-electron chi connectivity index (χ2n) is 3.19. The molecule has 0 aliphatic rings. The van der Waals surface area contributed by atoms with Crippen LogP contribution in [0.1, 0.15) is 10.4 Å². The molecular weight excluding hydrogens is 196 g/mol. The van der Waals surface area contributed by atoms with E-state index >= 15 is 0 Å². The molecule has 0 unspecified atom stereocenters. The Morgan fingerprint density at radius 3 is 2.87 bits per heavy atom. The first-order chi connectivity index (χ1) is 7.13. The molecule has 1 aromatic heterocycles. The Balaban J connectivity index is 2.80. The molecular formula is C10H10N2O3. The summed E-state index contributed by atoms with van der Waals surface area (Å²) in [4.78, 5) is 10.9. The Morgan fingerprint density at radius 2 is 2.27 bits per heavy atom. The molecule has 0 bridgehead atoms. The van der Waals surface area contributed by atoms with Gasteiger partial charge in [-0.1, -0.05) is 0 Å². The van der Waals surface area contributed by atoms with E-state index < -0.39 is 5.97 Å². The van der Waals surface area contributed by atoms with Crippen molar-refractivity contribution in [1.29, 1.82) is 0 Å². The number of fused-ring (bicyclic) bond motifs is 1. The van der Waals surface area contributed by atoms with Gasteiger partial charge in [-0.3, -0.25) is 4.68 Å². The third kappa shape index (κ3) is 1.41. The summed E-state index contributed by atoms with van der Waals surface area (Å²) in [5.74, 6) is -0.647. The number of carbonyl (C=O) groups is 1. The number of carboxylic acids is 1. The first-order valence-electron chi connectivity index (χ1n) is 4.37. The van der Waals surface area contributed by atoms with Gasteiger partial charge in [-0.25, -0.2) is 4.79 Å². The van der Waals surface area contributed by atoms with Crippen LogP contribution in [0.4, 0.5) is 0 Å². The van der Waals surface area contributed by atoms with Crippen LogP contribution in [-0.4, -0.2) is 28.0 Å². The van der Waals surface area contributed by atoms with E-state index in [4.69, 9.17) is 9.84 Å². The number of carboxylic acid groups (broad SMARTS) is 1. The molecule has 2 aromatic rings. The van der Waals surface area contributed by atoms with Crippen LogP contribution in [0.2, 0.25) is 0 Å². The van der Waals surface area contributed by atoms with Gasteiger partial charge in [-0.05, 0) is 12.1 Å². The largest absolute Gasteiger partial charge is 0.495 e. The van der Waals surface area contributed by atoms with Gasteiger partial charge in [0.05, 0.1) is 18.0 Å². The van der Waals surface area contributed by atoms with Gasteiger partial charge in [0.25, 0.3) is 0 Å². The van der Waals surface area contributed by atoms with Crippen molar-refractivity contribution in [2.45, 2.75) is 0 Å². The van der Waals surface area contributed by atoms with Crippen molar-refractivity contribution in [3.05, 3.63) is 23.9 Å². The lowest BCUT2D eigenvalue weighted by Crippen LogP contribution is -2.00. The van der Waals surface area contributed by atoms with E-state index in [1.807, 2.05) is 0 Å². The monoisotopic (exact) mass is 206 g/mol. The van der Waals surface area contributed by atoms with E-state index in [1.165, 1.54) is 13.2 Å². The fraction of sp³-hybridized carbons (Fsp3) is 0.200. The van der Waals surface area contributed by atoms with E-state index in [2.05, 4.69) is 5.10 Å². The molecule has 0 fully saturated rings. The van der Waals surface area contributed by atoms with Crippen LogP contribution in [0.25, 0.3) is 10.9 Å². The summed E-state index contributed by atoms with van der Waals surface area (Å²) < 4.78 is 6.72. The van der Waals surface area contributed by atoms with E-state index in [1.54, 1.807) is 24.0 Å². The maximum absolute atomic E-state index is 10.9. The zero-order valence-corrected chi connectivity index (χ0v) is 8.39. The van der Waals surface area contributed by atoms with Crippen molar-refractivity contribution in [3.8, 4) is 5.75 Å². The maximum Gasteiger partial charge on any atom is 0.339 e. The fourth-order valence-electron chi connectivity index (χ4n) is 1.58. The van der Waals surface area contributed by atoms with Crippen LogP contribution in [0.3, 0.4) is 0 Å². The highest BCUT2D eigenvalue weighted by atomic mass is 16.5. The van der Waals surface area contributed by atoms with Gasteiger partial charge < -0.3 is 9.84 Å². The lowest BCUT2D eigenvalue weighted by Gasteiger charge is -2.04. The lowest BCUT2D eigenvalue weighted by atomic mass is 10.1. The number of rotatable bonds is 2. The fourth-order valence-corrected chi connectivity index (χ4v) is 1.58. The Kier molecular flexibility index (Phi) is 2.07. The van der Waals surface area contributed by atoms with Crippen LogP contribution >= 0.6 is 0 Å². The molecule has 0 spiro atoms. The number of benzene rings is 1. The molecule has 5 heteroatoms. The average molecular weight is 206 g/mol. The molecule has 0 amide bonds. The van der Waals surface area contributed by atoms with E-state index in [0.29, 0.717) is 11.1 Å². The number of ether oxygens (including phenoxy) is 1. The molecule has 1 heterocycles. The van der Waals surface area contributed by atoms with Crippen molar-refractivity contribution in [2.75, 3.05) is 7.11 Å². The Hall–Kier alpha value is -2.04.